The summed E-state index contributed by atoms with van der Waals surface area (Å²) in [6.45, 7) is 0. The van der Waals surface area contributed by atoms with Gasteiger partial charge in [0.05, 0.1) is 0 Å². The fourth-order valence-electron chi connectivity index (χ4n) is 0.431. The van der Waals surface area contributed by atoms with E-state index in [1.807, 2.05) is 0 Å². The molecule has 0 spiro atoms. The Bertz CT molecular complexity index is 158. The molecule has 0 saturated carbocycles. The van der Waals surface area contributed by atoms with Crippen LogP contribution in [-0.4, -0.2) is 16.7 Å². The second-order valence-corrected chi connectivity index (χ2v) is 1.44. The molecule has 0 aliphatic carbocycles. The van der Waals surface area contributed by atoms with E-state index in [2.05, 4.69) is 7.05 Å². The molecule has 0 fully saturated rings. The van der Waals surface area contributed by atoms with E-state index >= 15 is 0 Å². The van der Waals surface area contributed by atoms with Gasteiger partial charge in [0.2, 0.25) is 11.8 Å². The molecule has 0 aromatic carbocycles. The first-order valence-corrected chi connectivity index (χ1v) is 2.08. The molecule has 1 aliphatic heterocycles. The summed E-state index contributed by atoms with van der Waals surface area (Å²) in [5, 5.41) is 0. The molecule has 52 valence electrons. The van der Waals surface area contributed by atoms with Crippen LogP contribution in [-0.2, 0) is 26.7 Å². The quantitative estimate of drug-likeness (QED) is 0.287. The Morgan fingerprint density at radius 2 is 1.56 bits per heavy atom. The molecule has 0 aromatic heterocycles. The van der Waals surface area contributed by atoms with Crippen molar-refractivity contribution in [2.45, 2.75) is 0 Å². The Kier molecular flexibility index (Phi) is 2.62. The summed E-state index contributed by atoms with van der Waals surface area (Å²) in [6.07, 6.45) is 2.38. The Labute approximate surface area is 63.2 Å². The predicted octanol–water partition coefficient (Wildman–Crippen LogP) is -0.300. The van der Waals surface area contributed by atoms with Gasteiger partial charge in [-0.05, 0) is 0 Å². The third-order valence-electron chi connectivity index (χ3n) is 0.901. The van der Waals surface area contributed by atoms with Crippen molar-refractivity contribution in [3.8, 4) is 0 Å². The van der Waals surface area contributed by atoms with Crippen molar-refractivity contribution in [2.24, 2.45) is 0 Å². The van der Waals surface area contributed by atoms with E-state index in [1.54, 1.807) is 0 Å². The molecule has 0 aromatic rings. The largest absolute Gasteiger partial charge is 1.00 e. The van der Waals surface area contributed by atoms with Crippen LogP contribution in [0.2, 0.25) is 0 Å². The second kappa shape index (κ2) is 2.80. The van der Waals surface area contributed by atoms with Gasteiger partial charge in [-0.2, -0.15) is 0 Å². The Morgan fingerprint density at radius 1 is 1.22 bits per heavy atom. The van der Waals surface area contributed by atoms with Crippen LogP contribution in [0.15, 0.2) is 12.2 Å². The van der Waals surface area contributed by atoms with E-state index in [4.69, 9.17) is 0 Å². The van der Waals surface area contributed by atoms with Crippen molar-refractivity contribution >= 4 is 11.8 Å². The van der Waals surface area contributed by atoms with E-state index in [1.165, 1.54) is 12.2 Å². The van der Waals surface area contributed by atoms with E-state index in [0.29, 0.717) is 0 Å². The number of nitrogens with zero attached hydrogens (tertiary/aromatic N) is 1. The molecule has 0 bridgehead atoms. The van der Waals surface area contributed by atoms with E-state index < -0.39 is 0 Å². The minimum Gasteiger partial charge on any atom is -0.431 e. The molecule has 1 heterocycles. The van der Waals surface area contributed by atoms with Crippen LogP contribution < -0.4 is 0 Å². The van der Waals surface area contributed by atoms with Gasteiger partial charge in [0, 0.05) is 12.2 Å². The van der Waals surface area contributed by atoms with Gasteiger partial charge in [-0.1, -0.05) is 0 Å². The van der Waals surface area contributed by atoms with Crippen molar-refractivity contribution < 1.29 is 26.7 Å². The number of imide groups is 1. The fraction of sp³-hybridized carbons (Fsp3) is 0. The zero-order valence-electron chi connectivity index (χ0n) is 4.43. The summed E-state index contributed by atoms with van der Waals surface area (Å²) in [7, 11) is 3.17. The average molecular weight is 174 g/mol. The van der Waals surface area contributed by atoms with Crippen LogP contribution >= 0.6 is 0 Å². The summed E-state index contributed by atoms with van der Waals surface area (Å²) < 4.78 is 0. The SMILES string of the molecule is [CH2-]N1C(=O)C=CC1=O.[Cu+]. The minimum atomic E-state index is -0.352. The summed E-state index contributed by atoms with van der Waals surface area (Å²) in [5.41, 5.74) is 0. The molecular formula is C5H4CuNO2. The van der Waals surface area contributed by atoms with Crippen LogP contribution in [0, 0.1) is 7.05 Å². The third-order valence-corrected chi connectivity index (χ3v) is 0.901. The molecule has 4 heteroatoms. The monoisotopic (exact) mass is 173 g/mol. The summed E-state index contributed by atoms with van der Waals surface area (Å²) in [6, 6.07) is 0. The second-order valence-electron chi connectivity index (χ2n) is 1.44. The topological polar surface area (TPSA) is 37.4 Å². The Hall–Kier alpha value is -0.601. The molecule has 0 radical (unpaired) electrons. The molecule has 0 saturated heterocycles. The molecule has 0 atom stereocenters. The maximum absolute atomic E-state index is 10.3. The molecule has 1 aliphatic rings. The van der Waals surface area contributed by atoms with Crippen molar-refractivity contribution in [2.75, 3.05) is 0 Å². The molecule has 9 heavy (non-hydrogen) atoms. The molecule has 2 amide bonds. The standard InChI is InChI=1S/C5H4NO2.Cu/c1-6-4(7)2-3-5(6)8;/h2-3H,1H2;/q-1;+1. The predicted molar refractivity (Wildman–Crippen MR) is 26.3 cm³/mol. The van der Waals surface area contributed by atoms with Gasteiger partial charge in [0.25, 0.3) is 0 Å². The van der Waals surface area contributed by atoms with Crippen LogP contribution in [0.4, 0.5) is 0 Å². The van der Waals surface area contributed by atoms with Crippen molar-refractivity contribution in [3.63, 3.8) is 0 Å². The third kappa shape index (κ3) is 1.40. The normalized spacial score (nSPS) is 16.3. The van der Waals surface area contributed by atoms with Crippen LogP contribution in [0.1, 0.15) is 0 Å². The van der Waals surface area contributed by atoms with Gasteiger partial charge in [0.1, 0.15) is 0 Å². The minimum absolute atomic E-state index is 0. The van der Waals surface area contributed by atoms with Crippen molar-refractivity contribution in [3.05, 3.63) is 19.2 Å². The number of carbonyl (C=O) groups excluding carboxylic acids is 2. The van der Waals surface area contributed by atoms with Crippen LogP contribution in [0.25, 0.3) is 0 Å². The number of rotatable bonds is 0. The first-order chi connectivity index (χ1) is 3.72. The summed E-state index contributed by atoms with van der Waals surface area (Å²) >= 11 is 0. The van der Waals surface area contributed by atoms with Gasteiger partial charge in [-0.15, -0.1) is 0 Å². The van der Waals surface area contributed by atoms with Gasteiger partial charge in [-0.3, -0.25) is 9.59 Å². The van der Waals surface area contributed by atoms with Gasteiger partial charge in [0.15, 0.2) is 0 Å². The van der Waals surface area contributed by atoms with Gasteiger partial charge < -0.3 is 4.90 Å². The number of amides is 2. The smallest absolute Gasteiger partial charge is 0.431 e. The fourth-order valence-corrected chi connectivity index (χ4v) is 0.431. The number of hydrogen-bond acceptors (Lipinski definition) is 2. The summed E-state index contributed by atoms with van der Waals surface area (Å²) in [5.74, 6) is -0.704. The number of carbonyl (C=O) groups is 2. The first kappa shape index (κ1) is 8.40. The Balaban J connectivity index is 0.000000640. The zero-order valence-corrected chi connectivity index (χ0v) is 5.37. The van der Waals surface area contributed by atoms with Crippen LogP contribution in [0.3, 0.4) is 0 Å². The zero-order chi connectivity index (χ0) is 6.15. The molecule has 3 nitrogen and oxygen atoms in total. The maximum Gasteiger partial charge on any atom is 1.00 e. The molecule has 0 N–H and O–H groups in total. The molecular weight excluding hydrogens is 170 g/mol. The Morgan fingerprint density at radius 3 is 1.67 bits per heavy atom. The van der Waals surface area contributed by atoms with E-state index in [9.17, 15) is 9.59 Å². The van der Waals surface area contributed by atoms with E-state index in [0.717, 1.165) is 4.90 Å². The molecule has 1 rings (SSSR count). The van der Waals surface area contributed by atoms with Crippen molar-refractivity contribution in [1.29, 1.82) is 0 Å². The van der Waals surface area contributed by atoms with Crippen LogP contribution in [0.5, 0.6) is 0 Å². The number of hydrogen-bond donors (Lipinski definition) is 0. The van der Waals surface area contributed by atoms with Gasteiger partial charge >= 0.3 is 17.1 Å². The molecule has 0 unspecified atom stereocenters. The van der Waals surface area contributed by atoms with Gasteiger partial charge in [-0.25, -0.2) is 7.05 Å². The summed E-state index contributed by atoms with van der Waals surface area (Å²) in [4.78, 5) is 21.5. The first-order valence-electron chi connectivity index (χ1n) is 2.08. The maximum atomic E-state index is 10.3. The van der Waals surface area contributed by atoms with Crippen molar-refractivity contribution in [1.82, 2.24) is 4.90 Å². The average Bonchev–Trinajstić information content (AvgIpc) is 1.98. The van der Waals surface area contributed by atoms with E-state index in [-0.39, 0.29) is 28.9 Å².